The Morgan fingerprint density at radius 1 is 1.40 bits per heavy atom. The van der Waals surface area contributed by atoms with Crippen LogP contribution in [0.15, 0.2) is 35.8 Å². The minimum absolute atomic E-state index is 0.0626. The number of nitrogens with zero attached hydrogens (tertiary/aromatic N) is 1. The van der Waals surface area contributed by atoms with E-state index in [2.05, 4.69) is 15.6 Å². The van der Waals surface area contributed by atoms with Gasteiger partial charge in [0.2, 0.25) is 0 Å². The highest BCUT2D eigenvalue weighted by atomic mass is 32.1. The van der Waals surface area contributed by atoms with Crippen molar-refractivity contribution < 1.29 is 9.90 Å². The molecule has 0 aliphatic heterocycles. The first-order valence-corrected chi connectivity index (χ1v) is 7.29. The molecule has 0 radical (unpaired) electrons. The highest BCUT2D eigenvalue weighted by molar-refractivity contribution is 7.13. The monoisotopic (exact) mass is 291 g/mol. The van der Waals surface area contributed by atoms with Crippen molar-refractivity contribution >= 4 is 23.1 Å². The van der Waals surface area contributed by atoms with E-state index >= 15 is 0 Å². The quantitative estimate of drug-likeness (QED) is 0.793. The zero-order valence-corrected chi connectivity index (χ0v) is 12.0. The minimum atomic E-state index is -0.312. The fraction of sp³-hybridized carbons (Fsp3) is 0.286. The lowest BCUT2D eigenvalue weighted by molar-refractivity contribution is 0.222. The summed E-state index contributed by atoms with van der Waals surface area (Å²) >= 11 is 1.57. The standard InChI is InChI=1S/C14H17N3O2S/c1-2-11(9-18)16-14(19)17-12-5-3-10(4-6-12)13-15-7-8-20-13/h3-8,11,18H,2,9H2,1H3,(H2,16,17,19). The Morgan fingerprint density at radius 3 is 2.70 bits per heavy atom. The minimum Gasteiger partial charge on any atom is -0.394 e. The van der Waals surface area contributed by atoms with Crippen molar-refractivity contribution in [2.45, 2.75) is 19.4 Å². The summed E-state index contributed by atoms with van der Waals surface area (Å²) in [5.41, 5.74) is 1.73. The molecular formula is C14H17N3O2S. The average Bonchev–Trinajstić information content (AvgIpc) is 2.99. The molecule has 0 aliphatic rings. The van der Waals surface area contributed by atoms with Crippen molar-refractivity contribution in [2.75, 3.05) is 11.9 Å². The molecule has 0 aliphatic carbocycles. The SMILES string of the molecule is CCC(CO)NC(=O)Nc1ccc(-c2nccs2)cc1. The first kappa shape index (κ1) is 14.5. The molecule has 5 nitrogen and oxygen atoms in total. The Bertz CT molecular complexity index is 536. The van der Waals surface area contributed by atoms with Crippen molar-refractivity contribution in [1.29, 1.82) is 0 Å². The van der Waals surface area contributed by atoms with Gasteiger partial charge < -0.3 is 15.7 Å². The summed E-state index contributed by atoms with van der Waals surface area (Å²) in [5, 5.41) is 17.3. The van der Waals surface area contributed by atoms with Crippen LogP contribution in [-0.4, -0.2) is 28.8 Å². The lowest BCUT2D eigenvalue weighted by atomic mass is 10.2. The summed E-state index contributed by atoms with van der Waals surface area (Å²) in [6.07, 6.45) is 2.45. The highest BCUT2D eigenvalue weighted by Gasteiger charge is 2.09. The van der Waals surface area contributed by atoms with Crippen LogP contribution in [0.4, 0.5) is 10.5 Å². The van der Waals surface area contributed by atoms with Crippen LogP contribution >= 0.6 is 11.3 Å². The van der Waals surface area contributed by atoms with Crippen LogP contribution < -0.4 is 10.6 Å². The molecule has 3 N–H and O–H groups in total. The summed E-state index contributed by atoms with van der Waals surface area (Å²) in [5.74, 6) is 0. The maximum atomic E-state index is 11.7. The smallest absolute Gasteiger partial charge is 0.319 e. The maximum absolute atomic E-state index is 11.7. The Labute approximate surface area is 121 Å². The molecule has 0 fully saturated rings. The van der Waals surface area contributed by atoms with Gasteiger partial charge in [-0.2, -0.15) is 0 Å². The van der Waals surface area contributed by atoms with Gasteiger partial charge in [0.15, 0.2) is 0 Å². The lowest BCUT2D eigenvalue weighted by Gasteiger charge is -2.14. The van der Waals surface area contributed by atoms with Gasteiger partial charge in [0.1, 0.15) is 5.01 Å². The summed E-state index contributed by atoms with van der Waals surface area (Å²) in [4.78, 5) is 15.9. The van der Waals surface area contributed by atoms with Crippen LogP contribution in [0.25, 0.3) is 10.6 Å². The van der Waals surface area contributed by atoms with E-state index in [1.807, 2.05) is 36.6 Å². The number of nitrogens with one attached hydrogen (secondary N) is 2. The van der Waals surface area contributed by atoms with Gasteiger partial charge in [-0.1, -0.05) is 6.92 Å². The number of aliphatic hydroxyl groups excluding tert-OH is 1. The van der Waals surface area contributed by atoms with Gasteiger partial charge in [0, 0.05) is 22.8 Å². The van der Waals surface area contributed by atoms with E-state index in [1.54, 1.807) is 17.5 Å². The second-order valence-electron chi connectivity index (χ2n) is 4.30. The van der Waals surface area contributed by atoms with Crippen molar-refractivity contribution in [3.8, 4) is 10.6 Å². The van der Waals surface area contributed by atoms with E-state index < -0.39 is 0 Å². The number of urea groups is 1. The first-order valence-electron chi connectivity index (χ1n) is 6.41. The fourth-order valence-corrected chi connectivity index (χ4v) is 2.34. The molecule has 0 bridgehead atoms. The molecule has 0 saturated carbocycles. The van der Waals surface area contributed by atoms with Crippen LogP contribution in [0.2, 0.25) is 0 Å². The second kappa shape index (κ2) is 7.02. The summed E-state index contributed by atoms with van der Waals surface area (Å²) in [6.45, 7) is 1.84. The van der Waals surface area contributed by atoms with Gasteiger partial charge in [0.25, 0.3) is 0 Å². The number of amides is 2. The number of anilines is 1. The molecule has 1 unspecified atom stereocenters. The van der Waals surface area contributed by atoms with Crippen LogP contribution in [0.1, 0.15) is 13.3 Å². The number of benzene rings is 1. The van der Waals surface area contributed by atoms with Gasteiger partial charge in [0.05, 0.1) is 12.6 Å². The zero-order chi connectivity index (χ0) is 14.4. The Kier molecular flexibility index (Phi) is 5.09. The van der Waals surface area contributed by atoms with E-state index in [0.29, 0.717) is 12.1 Å². The van der Waals surface area contributed by atoms with Gasteiger partial charge in [-0.05, 0) is 30.7 Å². The molecule has 1 heterocycles. The number of carbonyl (C=O) groups excluding carboxylic acids is 1. The molecule has 106 valence electrons. The Hall–Kier alpha value is -1.92. The number of hydrogen-bond donors (Lipinski definition) is 3. The molecule has 1 atom stereocenters. The second-order valence-corrected chi connectivity index (χ2v) is 5.20. The summed E-state index contributed by atoms with van der Waals surface area (Å²) in [6, 6.07) is 6.96. The molecule has 1 aromatic heterocycles. The fourth-order valence-electron chi connectivity index (χ4n) is 1.69. The van der Waals surface area contributed by atoms with Gasteiger partial charge in [-0.15, -0.1) is 11.3 Å². The van der Waals surface area contributed by atoms with Crippen LogP contribution in [0, 0.1) is 0 Å². The maximum Gasteiger partial charge on any atom is 0.319 e. The van der Waals surface area contributed by atoms with Crippen LogP contribution in [0.3, 0.4) is 0 Å². The van der Waals surface area contributed by atoms with Crippen LogP contribution in [-0.2, 0) is 0 Å². The topological polar surface area (TPSA) is 74.2 Å². The summed E-state index contributed by atoms with van der Waals surface area (Å²) < 4.78 is 0. The van der Waals surface area contributed by atoms with E-state index in [0.717, 1.165) is 10.6 Å². The van der Waals surface area contributed by atoms with E-state index in [-0.39, 0.29) is 18.7 Å². The van der Waals surface area contributed by atoms with Gasteiger partial charge in [-0.3, -0.25) is 0 Å². The molecule has 0 spiro atoms. The first-order chi connectivity index (χ1) is 9.72. The predicted molar refractivity (Wildman–Crippen MR) is 80.9 cm³/mol. The molecule has 2 aromatic rings. The molecule has 2 amide bonds. The molecular weight excluding hydrogens is 274 g/mol. The number of aromatic nitrogens is 1. The third-order valence-electron chi connectivity index (χ3n) is 2.87. The van der Waals surface area contributed by atoms with E-state index in [9.17, 15) is 4.79 Å². The third kappa shape index (κ3) is 3.79. The zero-order valence-electron chi connectivity index (χ0n) is 11.2. The Balaban J connectivity index is 1.95. The van der Waals surface area contributed by atoms with Crippen molar-refractivity contribution in [3.63, 3.8) is 0 Å². The number of hydrogen-bond acceptors (Lipinski definition) is 4. The third-order valence-corrected chi connectivity index (χ3v) is 3.69. The van der Waals surface area contributed by atoms with Crippen molar-refractivity contribution in [1.82, 2.24) is 10.3 Å². The largest absolute Gasteiger partial charge is 0.394 e. The number of thiazole rings is 1. The Morgan fingerprint density at radius 2 is 2.15 bits per heavy atom. The highest BCUT2D eigenvalue weighted by Crippen LogP contribution is 2.23. The molecule has 20 heavy (non-hydrogen) atoms. The summed E-state index contributed by atoms with van der Waals surface area (Å²) in [7, 11) is 0. The lowest BCUT2D eigenvalue weighted by Crippen LogP contribution is -2.39. The molecule has 2 rings (SSSR count). The average molecular weight is 291 g/mol. The molecule has 1 aromatic carbocycles. The van der Waals surface area contributed by atoms with E-state index in [4.69, 9.17) is 5.11 Å². The predicted octanol–water partition coefficient (Wildman–Crippen LogP) is 2.70. The number of aliphatic hydroxyl groups is 1. The van der Waals surface area contributed by atoms with Gasteiger partial charge in [-0.25, -0.2) is 9.78 Å². The van der Waals surface area contributed by atoms with E-state index in [1.165, 1.54) is 0 Å². The van der Waals surface area contributed by atoms with Crippen molar-refractivity contribution in [2.24, 2.45) is 0 Å². The van der Waals surface area contributed by atoms with Crippen LogP contribution in [0.5, 0.6) is 0 Å². The molecule has 0 saturated heterocycles. The normalized spacial score (nSPS) is 11.9. The van der Waals surface area contributed by atoms with Gasteiger partial charge >= 0.3 is 6.03 Å². The number of rotatable bonds is 5. The van der Waals surface area contributed by atoms with Crippen molar-refractivity contribution in [3.05, 3.63) is 35.8 Å². The molecule has 6 heteroatoms. The number of carbonyl (C=O) groups is 1.